The maximum atomic E-state index is 6.17. The Hall–Kier alpha value is -3.92. The average Bonchev–Trinajstić information content (AvgIpc) is 3.37. The maximum absolute atomic E-state index is 6.17. The van der Waals surface area contributed by atoms with Crippen molar-refractivity contribution in [1.82, 2.24) is 9.97 Å². The van der Waals surface area contributed by atoms with E-state index >= 15 is 0 Å². The molecular weight excluding hydrogens is 396 g/mol. The zero-order valence-electron chi connectivity index (χ0n) is 18.5. The molecule has 6 rings (SSSR count). The first-order valence-electron chi connectivity index (χ1n) is 10.8. The van der Waals surface area contributed by atoms with Gasteiger partial charge >= 0.3 is 0 Å². The van der Waals surface area contributed by atoms with E-state index in [-0.39, 0.29) is 0 Å². The fourth-order valence-electron chi connectivity index (χ4n) is 4.26. The Morgan fingerprint density at radius 2 is 0.938 bits per heavy atom. The first kappa shape index (κ1) is 18.8. The van der Waals surface area contributed by atoms with E-state index in [4.69, 9.17) is 18.8 Å². The first-order chi connectivity index (χ1) is 15.5. The largest absolute Gasteiger partial charge is 0.436 e. The Bertz CT molecular complexity index is 1470. The quantitative estimate of drug-likeness (QED) is 0.289. The van der Waals surface area contributed by atoms with Crippen molar-refractivity contribution in [2.24, 2.45) is 0 Å². The van der Waals surface area contributed by atoms with Gasteiger partial charge in [-0.05, 0) is 97.1 Å². The average molecular weight is 418 g/mol. The molecule has 0 radical (unpaired) electrons. The van der Waals surface area contributed by atoms with Gasteiger partial charge in [-0.3, -0.25) is 0 Å². The summed E-state index contributed by atoms with van der Waals surface area (Å²) in [7, 11) is 0. The number of hydrogen-bond donors (Lipinski definition) is 0. The number of fused-ring (bicyclic) bond motifs is 3. The van der Waals surface area contributed by atoms with Crippen molar-refractivity contribution in [1.29, 1.82) is 0 Å². The van der Waals surface area contributed by atoms with Crippen molar-refractivity contribution in [2.75, 3.05) is 0 Å². The van der Waals surface area contributed by atoms with Crippen molar-refractivity contribution in [2.45, 2.75) is 27.7 Å². The van der Waals surface area contributed by atoms with Crippen LogP contribution >= 0.6 is 0 Å². The van der Waals surface area contributed by atoms with Crippen molar-refractivity contribution < 1.29 is 8.83 Å². The number of hydrogen-bond acceptors (Lipinski definition) is 4. The van der Waals surface area contributed by atoms with E-state index in [2.05, 4.69) is 64.1 Å². The second-order valence-electron chi connectivity index (χ2n) is 8.55. The summed E-state index contributed by atoms with van der Waals surface area (Å²) >= 11 is 0. The van der Waals surface area contributed by atoms with Gasteiger partial charge in [0.2, 0.25) is 11.8 Å². The van der Waals surface area contributed by atoms with E-state index in [0.717, 1.165) is 44.1 Å². The zero-order chi connectivity index (χ0) is 22.0. The molecule has 32 heavy (non-hydrogen) atoms. The number of aromatic nitrogens is 2. The molecule has 0 atom stereocenters. The summed E-state index contributed by atoms with van der Waals surface area (Å²) < 4.78 is 12.3. The van der Waals surface area contributed by atoms with E-state index in [9.17, 15) is 0 Å². The molecule has 0 bridgehead atoms. The van der Waals surface area contributed by atoms with Crippen LogP contribution in [0.15, 0.2) is 69.5 Å². The van der Waals surface area contributed by atoms with Gasteiger partial charge in [0.1, 0.15) is 11.0 Å². The highest BCUT2D eigenvalue weighted by Crippen LogP contribution is 2.37. The lowest BCUT2D eigenvalue weighted by Crippen LogP contribution is -1.86. The minimum absolute atomic E-state index is 0.622. The van der Waals surface area contributed by atoms with Crippen LogP contribution in [-0.2, 0) is 0 Å². The summed E-state index contributed by atoms with van der Waals surface area (Å²) in [5.41, 5.74) is 10.1. The first-order valence-corrected chi connectivity index (χ1v) is 10.8. The predicted molar refractivity (Wildman–Crippen MR) is 129 cm³/mol. The molecule has 6 aromatic rings. The molecule has 0 N–H and O–H groups in total. The van der Waals surface area contributed by atoms with Gasteiger partial charge < -0.3 is 8.83 Å². The van der Waals surface area contributed by atoms with Gasteiger partial charge in [-0.2, -0.15) is 0 Å². The summed E-state index contributed by atoms with van der Waals surface area (Å²) in [6, 6.07) is 20.6. The Morgan fingerprint density at radius 3 is 1.38 bits per heavy atom. The number of nitrogens with zero attached hydrogens (tertiary/aromatic N) is 2. The molecule has 0 aliphatic carbocycles. The van der Waals surface area contributed by atoms with Crippen LogP contribution in [0.5, 0.6) is 0 Å². The molecule has 0 saturated carbocycles. The van der Waals surface area contributed by atoms with Gasteiger partial charge in [0, 0.05) is 11.1 Å². The molecule has 4 aromatic carbocycles. The lowest BCUT2D eigenvalue weighted by atomic mass is 9.99. The van der Waals surface area contributed by atoms with Gasteiger partial charge in [0.25, 0.3) is 0 Å². The molecule has 4 heteroatoms. The van der Waals surface area contributed by atoms with E-state index < -0.39 is 0 Å². The predicted octanol–water partition coefficient (Wildman–Crippen LogP) is 7.69. The van der Waals surface area contributed by atoms with Crippen LogP contribution < -0.4 is 0 Å². The topological polar surface area (TPSA) is 52.1 Å². The number of aryl methyl sites for hydroxylation is 4. The summed E-state index contributed by atoms with van der Waals surface area (Å²) in [5.74, 6) is 1.24. The highest BCUT2D eigenvalue weighted by atomic mass is 16.4. The van der Waals surface area contributed by atoms with E-state index in [0.29, 0.717) is 11.8 Å². The third-order valence-corrected chi connectivity index (χ3v) is 6.39. The van der Waals surface area contributed by atoms with E-state index in [1.165, 1.54) is 22.3 Å². The summed E-state index contributed by atoms with van der Waals surface area (Å²) in [4.78, 5) is 9.57. The van der Waals surface area contributed by atoms with Crippen molar-refractivity contribution in [3.63, 3.8) is 0 Å². The molecule has 4 nitrogen and oxygen atoms in total. The Kier molecular flexibility index (Phi) is 3.99. The highest BCUT2D eigenvalue weighted by Gasteiger charge is 2.17. The molecule has 0 saturated heterocycles. The minimum Gasteiger partial charge on any atom is -0.436 e. The normalized spacial score (nSPS) is 11.8. The number of rotatable bonds is 2. The third kappa shape index (κ3) is 2.83. The van der Waals surface area contributed by atoms with Gasteiger partial charge in [0.15, 0.2) is 11.2 Å². The minimum atomic E-state index is 0.622. The monoisotopic (exact) mass is 418 g/mol. The van der Waals surface area contributed by atoms with Crippen LogP contribution in [0.1, 0.15) is 22.3 Å². The smallest absolute Gasteiger partial charge is 0.227 e. The van der Waals surface area contributed by atoms with Crippen molar-refractivity contribution in [3.8, 4) is 22.9 Å². The van der Waals surface area contributed by atoms with Crippen LogP contribution in [-0.4, -0.2) is 9.97 Å². The molecule has 0 fully saturated rings. The van der Waals surface area contributed by atoms with E-state index in [1.54, 1.807) is 0 Å². The third-order valence-electron chi connectivity index (χ3n) is 6.39. The van der Waals surface area contributed by atoms with E-state index in [1.807, 2.05) is 24.3 Å². The highest BCUT2D eigenvalue weighted by molar-refractivity contribution is 6.03. The van der Waals surface area contributed by atoms with Gasteiger partial charge in [-0.25, -0.2) is 9.97 Å². The lowest BCUT2D eigenvalue weighted by Gasteiger charge is -2.07. The zero-order valence-corrected chi connectivity index (χ0v) is 18.5. The van der Waals surface area contributed by atoms with Crippen LogP contribution in [0.4, 0.5) is 0 Å². The van der Waals surface area contributed by atoms with Gasteiger partial charge in [-0.15, -0.1) is 0 Å². The Morgan fingerprint density at radius 1 is 0.531 bits per heavy atom. The number of benzene rings is 4. The molecule has 156 valence electrons. The summed E-state index contributed by atoms with van der Waals surface area (Å²) in [6.07, 6.45) is 0. The SMILES string of the molecule is Cc1cc2nc(-c3ccc(-c4nc5cc(C)c(C)cc5o4)c4ccccc34)oc2cc1C. The second kappa shape index (κ2) is 6.79. The summed E-state index contributed by atoms with van der Waals surface area (Å²) in [5, 5.41) is 2.11. The van der Waals surface area contributed by atoms with Gasteiger partial charge in [0.05, 0.1) is 0 Å². The van der Waals surface area contributed by atoms with Crippen LogP contribution in [0.25, 0.3) is 55.9 Å². The summed E-state index contributed by atoms with van der Waals surface area (Å²) in [6.45, 7) is 8.36. The van der Waals surface area contributed by atoms with Crippen LogP contribution in [0.3, 0.4) is 0 Å². The van der Waals surface area contributed by atoms with Crippen molar-refractivity contribution in [3.05, 3.63) is 82.9 Å². The molecule has 0 aliphatic heterocycles. The second-order valence-corrected chi connectivity index (χ2v) is 8.55. The molecule has 2 aromatic heterocycles. The standard InChI is InChI=1S/C28H22N2O2/c1-15-11-23-25(13-17(15)3)31-27(29-23)21-9-10-22(20-8-6-5-7-19(20)21)28-30-24-12-16(2)18(4)14-26(24)32-28/h5-14H,1-4H3. The lowest BCUT2D eigenvalue weighted by molar-refractivity contribution is 0.618. The Labute approximate surface area is 185 Å². The molecule has 0 amide bonds. The van der Waals surface area contributed by atoms with Crippen LogP contribution in [0, 0.1) is 27.7 Å². The van der Waals surface area contributed by atoms with Crippen LogP contribution in [0.2, 0.25) is 0 Å². The molecular formula is C28H22N2O2. The molecule has 0 aliphatic rings. The number of oxazole rings is 2. The Balaban J connectivity index is 1.56. The molecule has 2 heterocycles. The molecule has 0 spiro atoms. The fraction of sp³-hybridized carbons (Fsp3) is 0.143. The molecule has 0 unspecified atom stereocenters. The van der Waals surface area contributed by atoms with Gasteiger partial charge in [-0.1, -0.05) is 24.3 Å². The maximum Gasteiger partial charge on any atom is 0.227 e. The van der Waals surface area contributed by atoms with Crippen molar-refractivity contribution >= 4 is 33.0 Å². The fourth-order valence-corrected chi connectivity index (χ4v) is 4.26.